The Labute approximate surface area is 125 Å². The molecule has 1 aliphatic rings. The first-order chi connectivity index (χ1) is 9.80. The van der Waals surface area contributed by atoms with Crippen LogP contribution in [-0.2, 0) is 0 Å². The second kappa shape index (κ2) is 7.61. The minimum absolute atomic E-state index is 0.298. The molecule has 1 fully saturated rings. The SMILES string of the molecule is CCCNC1(C#N)CCCC1CCSc1ncccn1. The van der Waals surface area contributed by atoms with Gasteiger partial charge >= 0.3 is 0 Å². The van der Waals surface area contributed by atoms with E-state index in [0.29, 0.717) is 5.92 Å². The standard InChI is InChI=1S/C15H22N4S/c1-2-8-19-15(12-16)7-3-5-13(15)6-11-20-14-17-9-4-10-18-14/h4,9-10,13,19H,2-3,5-8,11H2,1H3. The van der Waals surface area contributed by atoms with Crippen molar-refractivity contribution in [1.82, 2.24) is 15.3 Å². The van der Waals surface area contributed by atoms with Crippen LogP contribution in [0.25, 0.3) is 0 Å². The van der Waals surface area contributed by atoms with Gasteiger partial charge in [-0.15, -0.1) is 0 Å². The molecule has 1 N–H and O–H groups in total. The molecule has 5 heteroatoms. The predicted molar refractivity (Wildman–Crippen MR) is 81.4 cm³/mol. The Hall–Kier alpha value is -1.12. The molecule has 2 atom stereocenters. The minimum atomic E-state index is -0.298. The van der Waals surface area contributed by atoms with Gasteiger partial charge in [0, 0.05) is 18.1 Å². The lowest BCUT2D eigenvalue weighted by Crippen LogP contribution is -2.47. The average Bonchev–Trinajstić information content (AvgIpc) is 2.90. The Morgan fingerprint density at radius 1 is 1.50 bits per heavy atom. The van der Waals surface area contributed by atoms with E-state index in [2.05, 4.69) is 28.3 Å². The highest BCUT2D eigenvalue weighted by Crippen LogP contribution is 2.38. The lowest BCUT2D eigenvalue weighted by Gasteiger charge is -2.29. The molecule has 2 unspecified atom stereocenters. The predicted octanol–water partition coefficient (Wildman–Crippen LogP) is 3.02. The highest BCUT2D eigenvalue weighted by Gasteiger charge is 2.42. The van der Waals surface area contributed by atoms with Gasteiger partial charge < -0.3 is 0 Å². The van der Waals surface area contributed by atoms with E-state index in [0.717, 1.165) is 49.6 Å². The van der Waals surface area contributed by atoms with Gasteiger partial charge in [-0.25, -0.2) is 9.97 Å². The Kier molecular flexibility index (Phi) is 5.81. The Morgan fingerprint density at radius 3 is 3.00 bits per heavy atom. The Morgan fingerprint density at radius 2 is 2.30 bits per heavy atom. The molecule has 0 radical (unpaired) electrons. The summed E-state index contributed by atoms with van der Waals surface area (Å²) in [6, 6.07) is 4.39. The molecule has 2 rings (SSSR count). The highest BCUT2D eigenvalue weighted by atomic mass is 32.2. The average molecular weight is 290 g/mol. The summed E-state index contributed by atoms with van der Waals surface area (Å²) >= 11 is 1.68. The maximum Gasteiger partial charge on any atom is 0.187 e. The molecule has 0 spiro atoms. The van der Waals surface area contributed by atoms with Gasteiger partial charge in [-0.3, -0.25) is 5.32 Å². The van der Waals surface area contributed by atoms with Crippen molar-refractivity contribution in [2.45, 2.75) is 49.7 Å². The Bertz CT molecular complexity index is 445. The second-order valence-electron chi connectivity index (χ2n) is 5.27. The number of rotatable bonds is 7. The molecule has 1 aromatic rings. The normalized spacial score (nSPS) is 25.5. The van der Waals surface area contributed by atoms with Crippen molar-refractivity contribution in [2.24, 2.45) is 5.92 Å². The van der Waals surface area contributed by atoms with Crippen molar-refractivity contribution in [2.75, 3.05) is 12.3 Å². The zero-order chi connectivity index (χ0) is 14.3. The maximum atomic E-state index is 9.59. The van der Waals surface area contributed by atoms with E-state index in [4.69, 9.17) is 0 Å². The largest absolute Gasteiger partial charge is 0.299 e. The van der Waals surface area contributed by atoms with Gasteiger partial charge in [-0.1, -0.05) is 25.1 Å². The molecule has 1 saturated carbocycles. The molecule has 1 aromatic heterocycles. The number of nitrogens with one attached hydrogen (secondary N) is 1. The van der Waals surface area contributed by atoms with E-state index in [1.807, 2.05) is 6.07 Å². The molecule has 0 aromatic carbocycles. The van der Waals surface area contributed by atoms with Crippen LogP contribution in [0.15, 0.2) is 23.6 Å². The number of hydrogen-bond donors (Lipinski definition) is 1. The van der Waals surface area contributed by atoms with Crippen LogP contribution in [0.1, 0.15) is 39.0 Å². The maximum absolute atomic E-state index is 9.59. The summed E-state index contributed by atoms with van der Waals surface area (Å²) in [7, 11) is 0. The van der Waals surface area contributed by atoms with Crippen molar-refractivity contribution in [3.63, 3.8) is 0 Å². The van der Waals surface area contributed by atoms with Crippen LogP contribution >= 0.6 is 11.8 Å². The molecular formula is C15H22N4S. The van der Waals surface area contributed by atoms with E-state index in [1.54, 1.807) is 24.2 Å². The number of nitrogens with zero attached hydrogens (tertiary/aromatic N) is 3. The van der Waals surface area contributed by atoms with Crippen molar-refractivity contribution in [3.8, 4) is 6.07 Å². The zero-order valence-corrected chi connectivity index (χ0v) is 12.8. The van der Waals surface area contributed by atoms with Crippen LogP contribution in [0.3, 0.4) is 0 Å². The van der Waals surface area contributed by atoms with Gasteiger partial charge in [0.25, 0.3) is 0 Å². The molecule has 0 bridgehead atoms. The fraction of sp³-hybridized carbons (Fsp3) is 0.667. The van der Waals surface area contributed by atoms with Gasteiger partial charge in [-0.2, -0.15) is 5.26 Å². The monoisotopic (exact) mass is 290 g/mol. The number of aromatic nitrogens is 2. The third-order valence-electron chi connectivity index (χ3n) is 3.95. The first-order valence-corrected chi connectivity index (χ1v) is 8.35. The molecule has 0 amide bonds. The summed E-state index contributed by atoms with van der Waals surface area (Å²) < 4.78 is 0. The summed E-state index contributed by atoms with van der Waals surface area (Å²) in [5.74, 6) is 1.43. The first kappa shape index (κ1) is 15.3. The molecule has 0 saturated heterocycles. The highest BCUT2D eigenvalue weighted by molar-refractivity contribution is 7.99. The molecule has 1 heterocycles. The van der Waals surface area contributed by atoms with Crippen LogP contribution in [0.2, 0.25) is 0 Å². The third kappa shape index (κ3) is 3.71. The van der Waals surface area contributed by atoms with Crippen LogP contribution < -0.4 is 5.32 Å². The second-order valence-corrected chi connectivity index (χ2v) is 6.33. The molecular weight excluding hydrogens is 268 g/mol. The van der Waals surface area contributed by atoms with E-state index in [-0.39, 0.29) is 5.54 Å². The van der Waals surface area contributed by atoms with Crippen molar-refractivity contribution >= 4 is 11.8 Å². The van der Waals surface area contributed by atoms with Crippen LogP contribution in [0.4, 0.5) is 0 Å². The van der Waals surface area contributed by atoms with Crippen LogP contribution in [-0.4, -0.2) is 27.8 Å². The van der Waals surface area contributed by atoms with Gasteiger partial charge in [0.05, 0.1) is 6.07 Å². The third-order valence-corrected chi connectivity index (χ3v) is 4.86. The summed E-state index contributed by atoms with van der Waals surface area (Å²) in [5, 5.41) is 13.9. The topological polar surface area (TPSA) is 61.6 Å². The van der Waals surface area contributed by atoms with E-state index < -0.39 is 0 Å². The van der Waals surface area contributed by atoms with Gasteiger partial charge in [0.2, 0.25) is 0 Å². The van der Waals surface area contributed by atoms with Crippen LogP contribution in [0.5, 0.6) is 0 Å². The number of nitriles is 1. The summed E-state index contributed by atoms with van der Waals surface area (Å²) in [6.45, 7) is 3.07. The van der Waals surface area contributed by atoms with E-state index >= 15 is 0 Å². The molecule has 0 aliphatic heterocycles. The summed E-state index contributed by atoms with van der Waals surface area (Å²) in [6.07, 6.45) is 8.96. The number of hydrogen-bond acceptors (Lipinski definition) is 5. The zero-order valence-electron chi connectivity index (χ0n) is 12.0. The van der Waals surface area contributed by atoms with Crippen LogP contribution in [0, 0.1) is 17.2 Å². The molecule has 108 valence electrons. The Balaban J connectivity index is 1.86. The fourth-order valence-corrected chi connectivity index (χ4v) is 3.74. The lowest BCUT2D eigenvalue weighted by molar-refractivity contribution is 0.311. The van der Waals surface area contributed by atoms with Gasteiger partial charge in [0.1, 0.15) is 5.54 Å². The quantitative estimate of drug-likeness (QED) is 0.618. The lowest BCUT2D eigenvalue weighted by atomic mass is 9.86. The first-order valence-electron chi connectivity index (χ1n) is 7.37. The molecule has 4 nitrogen and oxygen atoms in total. The van der Waals surface area contributed by atoms with Gasteiger partial charge in [-0.05, 0) is 44.2 Å². The van der Waals surface area contributed by atoms with Crippen molar-refractivity contribution in [3.05, 3.63) is 18.5 Å². The molecule has 20 heavy (non-hydrogen) atoms. The van der Waals surface area contributed by atoms with Crippen molar-refractivity contribution in [1.29, 1.82) is 5.26 Å². The van der Waals surface area contributed by atoms with Crippen molar-refractivity contribution < 1.29 is 0 Å². The smallest absolute Gasteiger partial charge is 0.187 e. The summed E-state index contributed by atoms with van der Waals surface area (Å²) in [4.78, 5) is 8.44. The van der Waals surface area contributed by atoms with Gasteiger partial charge in [0.15, 0.2) is 5.16 Å². The molecule has 1 aliphatic carbocycles. The fourth-order valence-electron chi connectivity index (χ4n) is 2.89. The minimum Gasteiger partial charge on any atom is -0.299 e. The van der Waals surface area contributed by atoms with E-state index in [1.165, 1.54) is 0 Å². The summed E-state index contributed by atoms with van der Waals surface area (Å²) in [5.41, 5.74) is -0.298. The van der Waals surface area contributed by atoms with E-state index in [9.17, 15) is 5.26 Å². The number of thioether (sulfide) groups is 1.